The molecule has 0 aromatic rings. The Bertz CT molecular complexity index is 287. The van der Waals surface area contributed by atoms with Gasteiger partial charge in [0.05, 0.1) is 0 Å². The van der Waals surface area contributed by atoms with Crippen LogP contribution in [0.4, 0.5) is 0 Å². The van der Waals surface area contributed by atoms with Crippen molar-refractivity contribution in [1.29, 1.82) is 0 Å². The summed E-state index contributed by atoms with van der Waals surface area (Å²) in [5.74, 6) is 7.40. The average molecular weight is 323 g/mol. The van der Waals surface area contributed by atoms with Crippen molar-refractivity contribution in [2.45, 2.75) is 37.0 Å². The fraction of sp³-hybridized carbons (Fsp3) is 1.00. The standard InChI is InChI=1S/C14H34N4S2/c1-19(7-11(15)12(16)8-19)5-3-4-6-20(2)9-13(17)14(18)10-20/h11-14H,3-10,15-18H2,1-2H3. The van der Waals surface area contributed by atoms with E-state index in [1.54, 1.807) is 0 Å². The van der Waals surface area contributed by atoms with E-state index in [0.29, 0.717) is 0 Å². The summed E-state index contributed by atoms with van der Waals surface area (Å²) < 4.78 is 0. The smallest absolute Gasteiger partial charge is 0.0277 e. The maximum atomic E-state index is 6.08. The van der Waals surface area contributed by atoms with Crippen molar-refractivity contribution in [3.05, 3.63) is 0 Å². The van der Waals surface area contributed by atoms with Crippen LogP contribution in [-0.2, 0) is 0 Å². The van der Waals surface area contributed by atoms with E-state index in [0.717, 1.165) is 0 Å². The minimum absolute atomic E-state index is 0.240. The third-order valence-electron chi connectivity index (χ3n) is 5.00. The molecule has 4 unspecified atom stereocenters. The lowest BCUT2D eigenvalue weighted by atomic mass is 10.2. The van der Waals surface area contributed by atoms with Gasteiger partial charge in [-0.3, -0.25) is 0 Å². The van der Waals surface area contributed by atoms with Gasteiger partial charge in [0, 0.05) is 24.2 Å². The zero-order valence-electron chi connectivity index (χ0n) is 13.1. The van der Waals surface area contributed by atoms with Crippen molar-refractivity contribution in [2.75, 3.05) is 47.0 Å². The lowest BCUT2D eigenvalue weighted by Crippen LogP contribution is -2.39. The van der Waals surface area contributed by atoms with Gasteiger partial charge in [-0.2, -0.15) is 0 Å². The summed E-state index contributed by atoms with van der Waals surface area (Å²) in [4.78, 5) is 0. The lowest BCUT2D eigenvalue weighted by Gasteiger charge is -2.33. The summed E-state index contributed by atoms with van der Waals surface area (Å²) in [6.45, 7) is 0. The molecule has 2 fully saturated rings. The summed E-state index contributed by atoms with van der Waals surface area (Å²) in [6, 6.07) is 0.959. The Morgan fingerprint density at radius 2 is 0.900 bits per heavy atom. The zero-order valence-corrected chi connectivity index (χ0v) is 14.7. The summed E-state index contributed by atoms with van der Waals surface area (Å²) in [6.07, 6.45) is 7.54. The van der Waals surface area contributed by atoms with Gasteiger partial charge >= 0.3 is 0 Å². The van der Waals surface area contributed by atoms with Crippen LogP contribution in [0.2, 0.25) is 0 Å². The number of hydrogen-bond acceptors (Lipinski definition) is 4. The highest BCUT2D eigenvalue weighted by Gasteiger charge is 2.36. The largest absolute Gasteiger partial charge is 0.326 e. The zero-order chi connectivity index (χ0) is 15.0. The van der Waals surface area contributed by atoms with Crippen LogP contribution in [0.1, 0.15) is 12.8 Å². The highest BCUT2D eigenvalue weighted by atomic mass is 32.3. The van der Waals surface area contributed by atoms with Gasteiger partial charge < -0.3 is 22.9 Å². The first-order valence-electron chi connectivity index (χ1n) is 7.68. The first kappa shape index (κ1) is 16.9. The maximum absolute atomic E-state index is 6.08. The summed E-state index contributed by atoms with van der Waals surface area (Å²) >= 11 is 0. The second-order valence-electron chi connectivity index (χ2n) is 7.39. The van der Waals surface area contributed by atoms with Gasteiger partial charge in [-0.25, -0.2) is 20.1 Å². The van der Waals surface area contributed by atoms with Crippen molar-refractivity contribution >= 4 is 20.1 Å². The molecule has 2 aliphatic rings. The van der Waals surface area contributed by atoms with Crippen molar-refractivity contribution in [1.82, 2.24) is 0 Å². The van der Waals surface area contributed by atoms with Crippen LogP contribution in [0.5, 0.6) is 0 Å². The molecule has 0 aliphatic carbocycles. The molecule has 20 heavy (non-hydrogen) atoms. The van der Waals surface area contributed by atoms with Crippen LogP contribution in [-0.4, -0.2) is 71.2 Å². The maximum Gasteiger partial charge on any atom is 0.0277 e. The Labute approximate surface area is 127 Å². The summed E-state index contributed by atoms with van der Waals surface area (Å²) in [5, 5.41) is 0. The monoisotopic (exact) mass is 322 g/mol. The first-order chi connectivity index (χ1) is 9.23. The van der Waals surface area contributed by atoms with Crippen molar-refractivity contribution in [2.24, 2.45) is 22.9 Å². The highest BCUT2D eigenvalue weighted by molar-refractivity contribution is 8.33. The molecule has 0 bridgehead atoms. The fourth-order valence-corrected chi connectivity index (χ4v) is 11.2. The molecule has 6 heteroatoms. The molecular weight excluding hydrogens is 288 g/mol. The van der Waals surface area contributed by atoms with Gasteiger partial charge in [-0.05, 0) is 59.9 Å². The topological polar surface area (TPSA) is 104 Å². The predicted molar refractivity (Wildman–Crippen MR) is 97.4 cm³/mol. The van der Waals surface area contributed by atoms with Crippen LogP contribution < -0.4 is 22.9 Å². The van der Waals surface area contributed by atoms with Crippen LogP contribution in [0.15, 0.2) is 0 Å². The molecule has 4 atom stereocenters. The molecule has 122 valence electrons. The van der Waals surface area contributed by atoms with E-state index in [1.807, 2.05) is 0 Å². The van der Waals surface area contributed by atoms with Crippen LogP contribution >= 0.6 is 20.1 Å². The minimum Gasteiger partial charge on any atom is -0.326 e. The Morgan fingerprint density at radius 1 is 0.650 bits per heavy atom. The second-order valence-corrected chi connectivity index (χ2v) is 15.5. The molecule has 2 aliphatic heterocycles. The molecule has 0 saturated carbocycles. The van der Waals surface area contributed by atoms with E-state index < -0.39 is 20.1 Å². The Balaban J connectivity index is 1.70. The molecule has 0 radical (unpaired) electrons. The Kier molecular flexibility index (Phi) is 5.36. The molecule has 0 aromatic heterocycles. The Morgan fingerprint density at radius 3 is 1.15 bits per heavy atom. The molecule has 4 nitrogen and oxygen atoms in total. The average Bonchev–Trinajstić information content (AvgIpc) is 2.73. The highest BCUT2D eigenvalue weighted by Crippen LogP contribution is 2.52. The van der Waals surface area contributed by atoms with Crippen LogP contribution in [0.3, 0.4) is 0 Å². The fourth-order valence-electron chi connectivity index (χ4n) is 3.72. The number of hydrogen-bond donors (Lipinski definition) is 4. The van der Waals surface area contributed by atoms with E-state index in [-0.39, 0.29) is 24.2 Å². The number of nitrogens with two attached hydrogens (primary N) is 4. The molecule has 8 N–H and O–H groups in total. The molecular formula is C14H34N4S2. The van der Waals surface area contributed by atoms with E-state index in [4.69, 9.17) is 22.9 Å². The van der Waals surface area contributed by atoms with Gasteiger partial charge in [0.15, 0.2) is 0 Å². The minimum atomic E-state index is -0.529. The van der Waals surface area contributed by atoms with E-state index in [2.05, 4.69) is 12.5 Å². The molecule has 2 saturated heterocycles. The summed E-state index contributed by atoms with van der Waals surface area (Å²) in [5.41, 5.74) is 24.3. The number of unbranched alkanes of at least 4 members (excludes halogenated alkanes) is 1. The van der Waals surface area contributed by atoms with Gasteiger partial charge in [0.1, 0.15) is 0 Å². The van der Waals surface area contributed by atoms with Crippen LogP contribution in [0, 0.1) is 0 Å². The normalized spacial score (nSPS) is 55.3. The van der Waals surface area contributed by atoms with Gasteiger partial charge in [-0.15, -0.1) is 0 Å². The van der Waals surface area contributed by atoms with E-state index in [1.165, 1.54) is 47.4 Å². The van der Waals surface area contributed by atoms with Crippen molar-refractivity contribution in [3.63, 3.8) is 0 Å². The third-order valence-corrected chi connectivity index (χ3v) is 12.3. The van der Waals surface area contributed by atoms with Gasteiger partial charge in [-0.1, -0.05) is 0 Å². The first-order valence-corrected chi connectivity index (χ1v) is 12.8. The Hall–Kier alpha value is 0.540. The van der Waals surface area contributed by atoms with Gasteiger partial charge in [0.2, 0.25) is 0 Å². The molecule has 0 aromatic carbocycles. The van der Waals surface area contributed by atoms with Gasteiger partial charge in [0.25, 0.3) is 0 Å². The lowest BCUT2D eigenvalue weighted by molar-refractivity contribution is 0.642. The molecule has 2 heterocycles. The van der Waals surface area contributed by atoms with Crippen molar-refractivity contribution < 1.29 is 0 Å². The molecule has 0 spiro atoms. The second kappa shape index (κ2) is 6.34. The van der Waals surface area contributed by atoms with E-state index >= 15 is 0 Å². The quantitative estimate of drug-likeness (QED) is 0.534. The molecule has 0 amide bonds. The summed E-state index contributed by atoms with van der Waals surface area (Å²) in [7, 11) is -1.06. The van der Waals surface area contributed by atoms with Crippen molar-refractivity contribution in [3.8, 4) is 0 Å². The SMILES string of the molecule is CS1(CCCCS2(C)CC(N)C(N)C2)CC(N)C(N)C1. The van der Waals surface area contributed by atoms with E-state index in [9.17, 15) is 0 Å². The predicted octanol–water partition coefficient (Wildman–Crippen LogP) is -0.0282. The number of rotatable bonds is 5. The molecule has 2 rings (SSSR count). The van der Waals surface area contributed by atoms with Crippen LogP contribution in [0.25, 0.3) is 0 Å². The third kappa shape index (κ3) is 4.05.